The van der Waals surface area contributed by atoms with E-state index in [4.69, 9.17) is 4.99 Å². The maximum atomic E-state index is 13.6. The molecule has 3 heterocycles. The number of amides is 3. The van der Waals surface area contributed by atoms with Gasteiger partial charge >= 0.3 is 6.03 Å². The summed E-state index contributed by atoms with van der Waals surface area (Å²) >= 11 is 0. The highest BCUT2D eigenvalue weighted by atomic mass is 16.2. The zero-order chi connectivity index (χ0) is 22.7. The van der Waals surface area contributed by atoms with E-state index < -0.39 is 12.2 Å². The highest BCUT2D eigenvalue weighted by Gasteiger charge is 2.54. The van der Waals surface area contributed by atoms with Crippen LogP contribution >= 0.6 is 0 Å². The number of aliphatic imine (C=N–C) groups is 1. The molecule has 0 bridgehead atoms. The average Bonchev–Trinajstić information content (AvgIpc) is 3.30. The first kappa shape index (κ1) is 20.5. The Labute approximate surface area is 188 Å². The predicted octanol–water partition coefficient (Wildman–Crippen LogP) is 3.20. The van der Waals surface area contributed by atoms with E-state index in [2.05, 4.69) is 47.9 Å². The lowest BCUT2D eigenvalue weighted by Gasteiger charge is -2.40. The minimum atomic E-state index is -0.492. The van der Waals surface area contributed by atoms with Crippen LogP contribution in [0.2, 0.25) is 0 Å². The maximum absolute atomic E-state index is 13.6. The van der Waals surface area contributed by atoms with E-state index in [9.17, 15) is 9.59 Å². The lowest BCUT2D eigenvalue weighted by Crippen LogP contribution is -2.64. The smallest absolute Gasteiger partial charge is 0.325 e. The Bertz CT molecular complexity index is 1140. The molecule has 32 heavy (non-hydrogen) atoms. The van der Waals surface area contributed by atoms with Gasteiger partial charge in [0.15, 0.2) is 12.2 Å². The summed E-state index contributed by atoms with van der Waals surface area (Å²) < 4.78 is 0. The molecule has 5 rings (SSSR count). The SMILES string of the molecule is Cc1cc(C)cc(N2CCN3C2=NC2C3C(=O)N(Cc3cc(C)ccc3C)C(=O)N2C)c1. The number of carbonyl (C=O) groups excluding carboxylic acids is 2. The summed E-state index contributed by atoms with van der Waals surface area (Å²) in [6, 6.07) is 11.8. The van der Waals surface area contributed by atoms with Gasteiger partial charge in [0.2, 0.25) is 5.96 Å². The minimum absolute atomic E-state index is 0.167. The maximum Gasteiger partial charge on any atom is 0.328 e. The molecule has 0 spiro atoms. The van der Waals surface area contributed by atoms with Crippen molar-refractivity contribution >= 4 is 23.6 Å². The third-order valence-corrected chi connectivity index (χ3v) is 6.73. The molecule has 3 aliphatic rings. The van der Waals surface area contributed by atoms with Gasteiger partial charge in [-0.05, 0) is 62.1 Å². The molecular weight excluding hydrogens is 402 g/mol. The van der Waals surface area contributed by atoms with Gasteiger partial charge in [0.25, 0.3) is 5.91 Å². The summed E-state index contributed by atoms with van der Waals surface area (Å²) in [4.78, 5) is 38.9. The van der Waals surface area contributed by atoms with Crippen molar-refractivity contribution in [2.75, 3.05) is 25.0 Å². The summed E-state index contributed by atoms with van der Waals surface area (Å²) in [6.07, 6.45) is -0.492. The topological polar surface area (TPSA) is 59.5 Å². The standard InChI is InChI=1S/C25H29N5O2/c1-15-6-7-18(4)19(11-15)14-30-23(31)21-22(27(5)25(30)32)26-24-28(8-9-29(21)24)20-12-16(2)10-17(3)13-20/h6-7,10-13,21-22H,8-9,14H2,1-5H3. The molecule has 2 unspecified atom stereocenters. The van der Waals surface area contributed by atoms with E-state index in [0.717, 1.165) is 34.9 Å². The lowest BCUT2D eigenvalue weighted by molar-refractivity contribution is -0.137. The van der Waals surface area contributed by atoms with Crippen molar-refractivity contribution in [3.63, 3.8) is 0 Å². The minimum Gasteiger partial charge on any atom is -0.325 e. The number of aryl methyl sites for hydroxylation is 4. The molecule has 2 saturated heterocycles. The summed E-state index contributed by atoms with van der Waals surface area (Å²) in [5.74, 6) is 0.617. The van der Waals surface area contributed by atoms with Crippen LogP contribution in [-0.4, -0.2) is 64.9 Å². The fraction of sp³-hybridized carbons (Fsp3) is 0.400. The van der Waals surface area contributed by atoms with E-state index in [1.807, 2.05) is 26.0 Å². The van der Waals surface area contributed by atoms with Crippen LogP contribution in [0.25, 0.3) is 0 Å². The Kier molecular flexibility index (Phi) is 4.73. The number of carbonyl (C=O) groups is 2. The van der Waals surface area contributed by atoms with Crippen molar-refractivity contribution < 1.29 is 9.59 Å². The van der Waals surface area contributed by atoms with Gasteiger partial charge in [0.1, 0.15) is 0 Å². The Morgan fingerprint density at radius 3 is 2.38 bits per heavy atom. The van der Waals surface area contributed by atoms with Crippen LogP contribution in [0.5, 0.6) is 0 Å². The number of fused-ring (bicyclic) bond motifs is 3. The van der Waals surface area contributed by atoms with Gasteiger partial charge in [-0.25, -0.2) is 9.79 Å². The van der Waals surface area contributed by atoms with Crippen molar-refractivity contribution in [3.05, 3.63) is 64.2 Å². The van der Waals surface area contributed by atoms with Crippen LogP contribution in [0.15, 0.2) is 41.4 Å². The van der Waals surface area contributed by atoms with Crippen LogP contribution in [0.3, 0.4) is 0 Å². The number of nitrogens with zero attached hydrogens (tertiary/aromatic N) is 5. The van der Waals surface area contributed by atoms with Gasteiger partial charge in [-0.15, -0.1) is 0 Å². The molecule has 166 valence electrons. The van der Waals surface area contributed by atoms with E-state index in [1.165, 1.54) is 16.0 Å². The summed E-state index contributed by atoms with van der Waals surface area (Å²) in [7, 11) is 1.75. The number of benzene rings is 2. The number of urea groups is 1. The Morgan fingerprint density at radius 1 is 0.938 bits per heavy atom. The summed E-state index contributed by atoms with van der Waals surface area (Å²) in [5, 5.41) is 0. The molecule has 3 aliphatic heterocycles. The van der Waals surface area contributed by atoms with Gasteiger partial charge < -0.3 is 14.7 Å². The molecule has 2 aromatic rings. The van der Waals surface area contributed by atoms with Gasteiger partial charge in [0, 0.05) is 25.8 Å². The first-order valence-electron chi connectivity index (χ1n) is 11.1. The second-order valence-electron chi connectivity index (χ2n) is 9.23. The monoisotopic (exact) mass is 431 g/mol. The van der Waals surface area contributed by atoms with Gasteiger partial charge in [-0.3, -0.25) is 9.69 Å². The summed E-state index contributed by atoms with van der Waals surface area (Å²) in [6.45, 7) is 9.96. The quantitative estimate of drug-likeness (QED) is 0.749. The molecule has 2 atom stereocenters. The fourth-order valence-electron chi connectivity index (χ4n) is 5.07. The zero-order valence-corrected chi connectivity index (χ0v) is 19.3. The number of imide groups is 1. The largest absolute Gasteiger partial charge is 0.328 e. The molecule has 3 amide bonds. The lowest BCUT2D eigenvalue weighted by atomic mass is 10.0. The second kappa shape index (κ2) is 7.36. The Hall–Kier alpha value is -3.35. The average molecular weight is 432 g/mol. The molecule has 0 aromatic heterocycles. The molecular formula is C25H29N5O2. The Balaban J connectivity index is 1.46. The number of guanidine groups is 1. The normalized spacial score (nSPS) is 22.5. The van der Waals surface area contributed by atoms with E-state index in [0.29, 0.717) is 6.54 Å². The zero-order valence-electron chi connectivity index (χ0n) is 19.3. The molecule has 0 saturated carbocycles. The third-order valence-electron chi connectivity index (χ3n) is 6.73. The van der Waals surface area contributed by atoms with Crippen molar-refractivity contribution in [2.24, 2.45) is 4.99 Å². The first-order valence-corrected chi connectivity index (χ1v) is 11.1. The Morgan fingerprint density at radius 2 is 1.66 bits per heavy atom. The predicted molar refractivity (Wildman–Crippen MR) is 125 cm³/mol. The van der Waals surface area contributed by atoms with Crippen LogP contribution in [-0.2, 0) is 11.3 Å². The van der Waals surface area contributed by atoms with Crippen LogP contribution in [0.4, 0.5) is 10.5 Å². The second-order valence-corrected chi connectivity index (χ2v) is 9.23. The van der Waals surface area contributed by atoms with E-state index >= 15 is 0 Å². The fourth-order valence-corrected chi connectivity index (χ4v) is 5.07. The molecule has 0 aliphatic carbocycles. The van der Waals surface area contributed by atoms with Gasteiger partial charge in [-0.2, -0.15) is 0 Å². The molecule has 2 aromatic carbocycles. The number of likely N-dealkylation sites (N-methyl/N-ethyl adjacent to an activating group) is 1. The van der Waals surface area contributed by atoms with Crippen molar-refractivity contribution in [3.8, 4) is 0 Å². The van der Waals surface area contributed by atoms with Crippen LogP contribution in [0.1, 0.15) is 27.8 Å². The highest BCUT2D eigenvalue weighted by Crippen LogP contribution is 2.34. The molecule has 2 fully saturated rings. The molecule has 7 nitrogen and oxygen atoms in total. The summed E-state index contributed by atoms with van der Waals surface area (Å²) in [5.41, 5.74) is 6.65. The van der Waals surface area contributed by atoms with Crippen molar-refractivity contribution in [2.45, 2.75) is 46.4 Å². The number of hydrogen-bond donors (Lipinski definition) is 0. The van der Waals surface area contributed by atoms with Gasteiger partial charge in [0.05, 0.1) is 6.54 Å². The van der Waals surface area contributed by atoms with Crippen molar-refractivity contribution in [1.82, 2.24) is 14.7 Å². The van der Waals surface area contributed by atoms with Crippen LogP contribution < -0.4 is 4.90 Å². The first-order chi connectivity index (χ1) is 15.2. The van der Waals surface area contributed by atoms with E-state index in [-0.39, 0.29) is 18.5 Å². The van der Waals surface area contributed by atoms with E-state index in [1.54, 1.807) is 11.9 Å². The number of rotatable bonds is 3. The molecule has 7 heteroatoms. The third kappa shape index (κ3) is 3.15. The van der Waals surface area contributed by atoms with Crippen LogP contribution in [0, 0.1) is 27.7 Å². The number of hydrogen-bond acceptors (Lipinski definition) is 5. The van der Waals surface area contributed by atoms with Gasteiger partial charge in [-0.1, -0.05) is 29.8 Å². The number of anilines is 1. The highest BCUT2D eigenvalue weighted by molar-refractivity contribution is 6.08. The van der Waals surface area contributed by atoms with Crippen molar-refractivity contribution in [1.29, 1.82) is 0 Å². The molecule has 0 radical (unpaired) electrons. The molecule has 0 N–H and O–H groups in total.